The van der Waals surface area contributed by atoms with Crippen molar-refractivity contribution in [3.8, 4) is 0 Å². The number of pyridine rings is 1. The molecule has 1 atom stereocenters. The number of nitrogens with one attached hydrogen (secondary N) is 1. The highest BCUT2D eigenvalue weighted by atomic mass is 16.2. The van der Waals surface area contributed by atoms with Gasteiger partial charge in [-0.2, -0.15) is 0 Å². The molecule has 148 valence electrons. The van der Waals surface area contributed by atoms with Crippen molar-refractivity contribution < 1.29 is 9.59 Å². The Bertz CT molecular complexity index is 677. The smallest absolute Gasteiger partial charge is 0.227 e. The Morgan fingerprint density at radius 2 is 1.93 bits per heavy atom. The monoisotopic (exact) mass is 372 g/mol. The number of nitrogens with zero attached hydrogens (tertiary/aromatic N) is 3. The average molecular weight is 373 g/mol. The van der Waals surface area contributed by atoms with Crippen molar-refractivity contribution in [1.82, 2.24) is 15.2 Å². The van der Waals surface area contributed by atoms with Gasteiger partial charge in [-0.05, 0) is 43.4 Å². The van der Waals surface area contributed by atoms with Crippen molar-refractivity contribution in [2.45, 2.75) is 53.0 Å². The van der Waals surface area contributed by atoms with Crippen molar-refractivity contribution in [1.29, 1.82) is 0 Å². The fourth-order valence-corrected chi connectivity index (χ4v) is 3.87. The van der Waals surface area contributed by atoms with Crippen LogP contribution in [0.3, 0.4) is 0 Å². The largest absolute Gasteiger partial charge is 0.357 e. The van der Waals surface area contributed by atoms with Crippen LogP contribution in [0.25, 0.3) is 0 Å². The molecule has 1 aromatic heterocycles. The maximum atomic E-state index is 12.7. The Hall–Kier alpha value is -2.11. The maximum Gasteiger partial charge on any atom is 0.227 e. The minimum absolute atomic E-state index is 0.0425. The van der Waals surface area contributed by atoms with Gasteiger partial charge in [0.2, 0.25) is 11.8 Å². The molecule has 0 radical (unpaired) electrons. The summed E-state index contributed by atoms with van der Waals surface area (Å²) < 4.78 is 0. The summed E-state index contributed by atoms with van der Waals surface area (Å²) in [5.74, 6) is 1.05. The molecule has 2 amide bonds. The number of carbonyl (C=O) groups excluding carboxylic acids is 2. The summed E-state index contributed by atoms with van der Waals surface area (Å²) >= 11 is 0. The zero-order valence-corrected chi connectivity index (χ0v) is 16.8. The van der Waals surface area contributed by atoms with Crippen molar-refractivity contribution in [2.24, 2.45) is 11.3 Å². The van der Waals surface area contributed by atoms with E-state index in [1.165, 1.54) is 12.8 Å². The van der Waals surface area contributed by atoms with E-state index in [9.17, 15) is 9.59 Å². The summed E-state index contributed by atoms with van der Waals surface area (Å²) in [5.41, 5.74) is 0.667. The summed E-state index contributed by atoms with van der Waals surface area (Å²) in [6, 6.07) is 4.03. The first-order valence-electron chi connectivity index (χ1n) is 10.1. The SMILES string of the molecule is CC(C)(C)C(=O)N1CCCC(C(=O)NCc2ccnc(N3CCCC3)c2)C1. The fourth-order valence-electron chi connectivity index (χ4n) is 3.87. The third kappa shape index (κ3) is 4.99. The molecule has 0 bridgehead atoms. The first kappa shape index (κ1) is 19.6. The number of piperidine rings is 1. The molecule has 2 aliphatic heterocycles. The van der Waals surface area contributed by atoms with E-state index >= 15 is 0 Å². The molecule has 2 aliphatic rings. The Morgan fingerprint density at radius 1 is 1.19 bits per heavy atom. The van der Waals surface area contributed by atoms with Crippen molar-refractivity contribution in [2.75, 3.05) is 31.1 Å². The molecule has 3 rings (SSSR count). The van der Waals surface area contributed by atoms with Crippen LogP contribution in [0, 0.1) is 11.3 Å². The molecule has 1 aromatic rings. The highest BCUT2D eigenvalue weighted by Crippen LogP contribution is 2.24. The number of anilines is 1. The second-order valence-corrected chi connectivity index (χ2v) is 8.77. The Labute approximate surface area is 162 Å². The lowest BCUT2D eigenvalue weighted by atomic mass is 9.91. The lowest BCUT2D eigenvalue weighted by molar-refractivity contribution is -0.142. The molecule has 1 N–H and O–H groups in total. The van der Waals surface area contributed by atoms with Gasteiger partial charge in [-0.15, -0.1) is 0 Å². The molecule has 0 saturated carbocycles. The standard InChI is InChI=1S/C21H32N4O2/c1-21(2,3)20(27)25-12-6-7-17(15-25)19(26)23-14-16-8-9-22-18(13-16)24-10-4-5-11-24/h8-9,13,17H,4-7,10-12,14-15H2,1-3H3,(H,23,26). The fraction of sp³-hybridized carbons (Fsp3) is 0.667. The molecular weight excluding hydrogens is 340 g/mol. The second-order valence-electron chi connectivity index (χ2n) is 8.77. The number of carbonyl (C=O) groups is 2. The van der Waals surface area contributed by atoms with Gasteiger partial charge in [-0.25, -0.2) is 4.98 Å². The van der Waals surface area contributed by atoms with E-state index in [0.29, 0.717) is 13.1 Å². The van der Waals surface area contributed by atoms with Crippen molar-refractivity contribution >= 4 is 17.6 Å². The van der Waals surface area contributed by atoms with E-state index in [0.717, 1.165) is 43.9 Å². The molecule has 0 spiro atoms. The highest BCUT2D eigenvalue weighted by molar-refractivity contribution is 5.83. The van der Waals surface area contributed by atoms with Crippen LogP contribution in [0.4, 0.5) is 5.82 Å². The molecule has 6 heteroatoms. The molecule has 0 aliphatic carbocycles. The summed E-state index contributed by atoms with van der Waals surface area (Å²) in [7, 11) is 0. The lowest BCUT2D eigenvalue weighted by Gasteiger charge is -2.35. The molecular formula is C21H32N4O2. The number of amides is 2. The molecule has 2 saturated heterocycles. The minimum atomic E-state index is -0.401. The van der Waals surface area contributed by atoms with Crippen LogP contribution < -0.4 is 10.2 Å². The van der Waals surface area contributed by atoms with E-state index in [2.05, 4.69) is 21.3 Å². The van der Waals surface area contributed by atoms with Gasteiger partial charge in [-0.3, -0.25) is 9.59 Å². The van der Waals surface area contributed by atoms with Crippen LogP contribution >= 0.6 is 0 Å². The lowest BCUT2D eigenvalue weighted by Crippen LogP contribution is -2.48. The van der Waals surface area contributed by atoms with Gasteiger partial charge < -0.3 is 15.1 Å². The van der Waals surface area contributed by atoms with Crippen LogP contribution in [0.15, 0.2) is 18.3 Å². The van der Waals surface area contributed by atoms with Gasteiger partial charge in [0.05, 0.1) is 5.92 Å². The van der Waals surface area contributed by atoms with Crippen molar-refractivity contribution in [3.05, 3.63) is 23.9 Å². The summed E-state index contributed by atoms with van der Waals surface area (Å²) in [6.07, 6.45) is 5.98. The quantitative estimate of drug-likeness (QED) is 0.882. The molecule has 3 heterocycles. The summed E-state index contributed by atoms with van der Waals surface area (Å²) in [6.45, 7) is 9.69. The van der Waals surface area contributed by atoms with E-state index < -0.39 is 5.41 Å². The molecule has 6 nitrogen and oxygen atoms in total. The first-order chi connectivity index (χ1) is 12.8. The van der Waals surface area contributed by atoms with E-state index in [-0.39, 0.29) is 17.7 Å². The number of hydrogen-bond acceptors (Lipinski definition) is 4. The highest BCUT2D eigenvalue weighted by Gasteiger charge is 2.33. The van der Waals surface area contributed by atoms with Crippen LogP contribution in [0.1, 0.15) is 52.0 Å². The van der Waals surface area contributed by atoms with Gasteiger partial charge in [0.1, 0.15) is 5.82 Å². The Balaban J connectivity index is 1.54. The summed E-state index contributed by atoms with van der Waals surface area (Å²) in [4.78, 5) is 33.8. The normalized spacial score (nSPS) is 20.6. The van der Waals surface area contributed by atoms with Gasteiger partial charge in [0.25, 0.3) is 0 Å². The predicted molar refractivity (Wildman–Crippen MR) is 106 cm³/mol. The molecule has 27 heavy (non-hydrogen) atoms. The van der Waals surface area contributed by atoms with Crippen LogP contribution in [-0.4, -0.2) is 47.9 Å². The third-order valence-corrected chi connectivity index (χ3v) is 5.43. The molecule has 0 aromatic carbocycles. The zero-order chi connectivity index (χ0) is 19.4. The topological polar surface area (TPSA) is 65.5 Å². The summed E-state index contributed by atoms with van der Waals surface area (Å²) in [5, 5.41) is 3.06. The van der Waals surface area contributed by atoms with E-state index in [1.54, 1.807) is 0 Å². The first-order valence-corrected chi connectivity index (χ1v) is 10.1. The van der Waals surface area contributed by atoms with Gasteiger partial charge in [0, 0.05) is 44.3 Å². The van der Waals surface area contributed by atoms with E-state index in [1.807, 2.05) is 37.9 Å². The third-order valence-electron chi connectivity index (χ3n) is 5.43. The molecule has 1 unspecified atom stereocenters. The van der Waals surface area contributed by atoms with Crippen molar-refractivity contribution in [3.63, 3.8) is 0 Å². The van der Waals surface area contributed by atoms with Gasteiger partial charge in [0.15, 0.2) is 0 Å². The number of aromatic nitrogens is 1. The van der Waals surface area contributed by atoms with Crippen LogP contribution in [0.5, 0.6) is 0 Å². The van der Waals surface area contributed by atoms with Crippen LogP contribution in [-0.2, 0) is 16.1 Å². The molecule has 2 fully saturated rings. The average Bonchev–Trinajstić information content (AvgIpc) is 3.20. The van der Waals surface area contributed by atoms with Gasteiger partial charge in [-0.1, -0.05) is 20.8 Å². The van der Waals surface area contributed by atoms with Gasteiger partial charge >= 0.3 is 0 Å². The zero-order valence-electron chi connectivity index (χ0n) is 16.8. The Morgan fingerprint density at radius 3 is 2.63 bits per heavy atom. The maximum absolute atomic E-state index is 12.7. The Kier molecular flexibility index (Phi) is 6.02. The second kappa shape index (κ2) is 8.28. The van der Waals surface area contributed by atoms with Crippen LogP contribution in [0.2, 0.25) is 0 Å². The number of likely N-dealkylation sites (tertiary alicyclic amines) is 1. The number of rotatable bonds is 4. The van der Waals surface area contributed by atoms with E-state index in [4.69, 9.17) is 0 Å². The minimum Gasteiger partial charge on any atom is -0.357 e. The predicted octanol–water partition coefficient (Wildman–Crippen LogP) is 2.58. The number of hydrogen-bond donors (Lipinski definition) is 1.